The van der Waals surface area contributed by atoms with E-state index in [0.29, 0.717) is 12.6 Å². The predicted octanol–water partition coefficient (Wildman–Crippen LogP) is 3.43. The molecule has 2 aromatic rings. The lowest BCUT2D eigenvalue weighted by molar-refractivity contribution is 0.544. The molecule has 130 valence electrons. The van der Waals surface area contributed by atoms with Crippen molar-refractivity contribution < 1.29 is 0 Å². The van der Waals surface area contributed by atoms with Gasteiger partial charge in [-0.15, -0.1) is 11.3 Å². The maximum absolute atomic E-state index is 4.86. The first-order valence-corrected chi connectivity index (χ1v) is 10.5. The normalized spacial score (nSPS) is 20.0. The Bertz CT molecular complexity index is 770. The number of nitrogens with zero attached hydrogens (tertiary/aromatic N) is 4. The summed E-state index contributed by atoms with van der Waals surface area (Å²) in [7, 11) is 0. The number of thiazole rings is 1. The van der Waals surface area contributed by atoms with Gasteiger partial charge < -0.3 is 4.90 Å². The van der Waals surface area contributed by atoms with Gasteiger partial charge in [-0.3, -0.25) is 14.7 Å². The maximum Gasteiger partial charge on any atom is 0.165 e. The van der Waals surface area contributed by atoms with Gasteiger partial charge in [-0.05, 0) is 18.6 Å². The third-order valence-electron chi connectivity index (χ3n) is 4.31. The molecule has 1 N–H and O–H groups in total. The summed E-state index contributed by atoms with van der Waals surface area (Å²) in [6, 6.07) is 6.51. The van der Waals surface area contributed by atoms with Gasteiger partial charge in [0.2, 0.25) is 0 Å². The Kier molecular flexibility index (Phi) is 5.14. The molecule has 1 fully saturated rings. The highest BCUT2D eigenvalue weighted by Gasteiger charge is 2.35. The fourth-order valence-corrected chi connectivity index (χ4v) is 4.58. The molecule has 5 nitrogen and oxygen atoms in total. The van der Waals surface area contributed by atoms with E-state index in [1.54, 1.807) is 11.3 Å². The van der Waals surface area contributed by atoms with E-state index in [4.69, 9.17) is 4.99 Å². The van der Waals surface area contributed by atoms with E-state index in [1.165, 1.54) is 17.7 Å². The van der Waals surface area contributed by atoms with Crippen molar-refractivity contribution in [2.24, 2.45) is 4.99 Å². The van der Waals surface area contributed by atoms with Crippen molar-refractivity contribution in [3.8, 4) is 0 Å². The zero-order valence-corrected chi connectivity index (χ0v) is 15.8. The lowest BCUT2D eigenvalue weighted by atomic mass is 10.1. The molecule has 0 radical (unpaired) electrons. The van der Waals surface area contributed by atoms with Crippen LogP contribution in [0.2, 0.25) is 0 Å². The average Bonchev–Trinajstić information content (AvgIpc) is 3.32. The van der Waals surface area contributed by atoms with Crippen LogP contribution in [0.1, 0.15) is 30.5 Å². The quantitative estimate of drug-likeness (QED) is 0.623. The molecule has 1 saturated heterocycles. The maximum atomic E-state index is 4.86. The molecule has 0 aliphatic carbocycles. The van der Waals surface area contributed by atoms with E-state index in [2.05, 4.69) is 32.6 Å². The highest BCUT2D eigenvalue weighted by atomic mass is 32.2. The molecule has 2 aromatic heterocycles. The van der Waals surface area contributed by atoms with Crippen LogP contribution in [0.4, 0.5) is 0 Å². The lowest BCUT2D eigenvalue weighted by Crippen LogP contribution is -2.35. The van der Waals surface area contributed by atoms with Gasteiger partial charge in [0.25, 0.3) is 0 Å². The first-order valence-electron chi connectivity index (χ1n) is 8.59. The minimum atomic E-state index is 0.425. The Morgan fingerprint density at radius 2 is 2.28 bits per heavy atom. The highest BCUT2D eigenvalue weighted by Crippen LogP contribution is 2.35. The third kappa shape index (κ3) is 3.49. The van der Waals surface area contributed by atoms with Crippen molar-refractivity contribution in [1.29, 1.82) is 0 Å². The van der Waals surface area contributed by atoms with Gasteiger partial charge in [0.1, 0.15) is 0 Å². The first-order chi connectivity index (χ1) is 12.4. The van der Waals surface area contributed by atoms with Crippen LogP contribution in [-0.2, 0) is 0 Å². The second kappa shape index (κ2) is 7.68. The smallest absolute Gasteiger partial charge is 0.165 e. The van der Waals surface area contributed by atoms with Gasteiger partial charge in [0.15, 0.2) is 10.8 Å². The molecule has 4 rings (SSSR count). The molecule has 0 amide bonds. The van der Waals surface area contributed by atoms with Gasteiger partial charge in [0, 0.05) is 53.8 Å². The molecule has 2 aliphatic heterocycles. The average molecular weight is 372 g/mol. The summed E-state index contributed by atoms with van der Waals surface area (Å²) in [5, 5.41) is 3.01. The minimum Gasteiger partial charge on any atom is -0.326 e. The van der Waals surface area contributed by atoms with Crippen molar-refractivity contribution in [2.75, 3.05) is 18.8 Å². The lowest BCUT2D eigenvalue weighted by Gasteiger charge is -2.27. The number of fused-ring (bicyclic) bond motifs is 1. The monoisotopic (exact) mass is 371 g/mol. The number of nitrogens with one attached hydrogen (secondary N) is 1. The van der Waals surface area contributed by atoms with Crippen LogP contribution in [0.25, 0.3) is 5.57 Å². The summed E-state index contributed by atoms with van der Waals surface area (Å²) in [4.78, 5) is 16.2. The third-order valence-corrected chi connectivity index (χ3v) is 6.19. The summed E-state index contributed by atoms with van der Waals surface area (Å²) in [5.74, 6) is 2.14. The number of aliphatic imine (C=N–C) groups is 1. The van der Waals surface area contributed by atoms with E-state index in [-0.39, 0.29) is 0 Å². The van der Waals surface area contributed by atoms with E-state index < -0.39 is 0 Å². The van der Waals surface area contributed by atoms with Crippen molar-refractivity contribution in [3.05, 3.63) is 52.4 Å². The standard InChI is InChI=1S/C18H21N5S2/c1-2-8-25-22-13-10-16-14(15-5-3-4-6-19-15)11-21-17(23(16)12-13)18-20-7-9-24-18/h3-7,9,13,22H,2,8,10-12H2,1H3. The van der Waals surface area contributed by atoms with Crippen molar-refractivity contribution in [3.63, 3.8) is 0 Å². The summed E-state index contributed by atoms with van der Waals surface area (Å²) in [6.07, 6.45) is 5.90. The molecule has 2 aliphatic rings. The van der Waals surface area contributed by atoms with E-state index >= 15 is 0 Å². The van der Waals surface area contributed by atoms with Crippen LogP contribution in [0.3, 0.4) is 0 Å². The van der Waals surface area contributed by atoms with Gasteiger partial charge >= 0.3 is 0 Å². The Hall–Kier alpha value is -1.70. The molecule has 25 heavy (non-hydrogen) atoms. The van der Waals surface area contributed by atoms with Crippen LogP contribution in [0, 0.1) is 0 Å². The molecule has 0 bridgehead atoms. The number of pyridine rings is 1. The Morgan fingerprint density at radius 1 is 1.32 bits per heavy atom. The number of rotatable bonds is 6. The van der Waals surface area contributed by atoms with Crippen molar-refractivity contribution in [1.82, 2.24) is 19.6 Å². The molecular weight excluding hydrogens is 350 g/mol. The largest absolute Gasteiger partial charge is 0.326 e. The van der Waals surface area contributed by atoms with E-state index in [1.807, 2.05) is 41.9 Å². The number of amidine groups is 1. The van der Waals surface area contributed by atoms with Crippen LogP contribution < -0.4 is 4.72 Å². The topological polar surface area (TPSA) is 53.4 Å². The molecule has 0 spiro atoms. The van der Waals surface area contributed by atoms with E-state index in [0.717, 1.165) is 35.3 Å². The SMILES string of the molecule is CCCSNC1CC2=C(c3ccccn3)CN=C(c3nccs3)N2C1. The van der Waals surface area contributed by atoms with Gasteiger partial charge in [0.05, 0.1) is 12.2 Å². The molecule has 1 atom stereocenters. The molecule has 0 aromatic carbocycles. The van der Waals surface area contributed by atoms with Crippen molar-refractivity contribution >= 4 is 34.7 Å². The molecule has 1 unspecified atom stereocenters. The van der Waals surface area contributed by atoms with Crippen LogP contribution in [0.5, 0.6) is 0 Å². The fourth-order valence-electron chi connectivity index (χ4n) is 3.21. The van der Waals surface area contributed by atoms with Crippen LogP contribution in [0.15, 0.2) is 46.7 Å². The van der Waals surface area contributed by atoms with Gasteiger partial charge in [-0.1, -0.05) is 24.9 Å². The highest BCUT2D eigenvalue weighted by molar-refractivity contribution is 7.97. The Morgan fingerprint density at radius 3 is 3.04 bits per heavy atom. The summed E-state index contributed by atoms with van der Waals surface area (Å²) in [5.41, 5.74) is 3.62. The Balaban J connectivity index is 1.64. The minimum absolute atomic E-state index is 0.425. The van der Waals surface area contributed by atoms with Gasteiger partial charge in [-0.2, -0.15) is 0 Å². The molecule has 0 saturated carbocycles. The van der Waals surface area contributed by atoms with E-state index in [9.17, 15) is 0 Å². The number of hydrogen-bond donors (Lipinski definition) is 1. The van der Waals surface area contributed by atoms with Crippen LogP contribution in [-0.4, -0.2) is 45.6 Å². The second-order valence-corrected chi connectivity index (χ2v) is 7.92. The first kappa shape index (κ1) is 16.8. The number of hydrogen-bond acceptors (Lipinski definition) is 7. The summed E-state index contributed by atoms with van der Waals surface area (Å²) >= 11 is 3.47. The molecular formula is C18H21N5S2. The van der Waals surface area contributed by atoms with Crippen molar-refractivity contribution in [2.45, 2.75) is 25.8 Å². The van der Waals surface area contributed by atoms with Gasteiger partial charge in [-0.25, -0.2) is 4.98 Å². The zero-order chi connectivity index (χ0) is 17.1. The van der Waals surface area contributed by atoms with Crippen LogP contribution >= 0.6 is 23.3 Å². The zero-order valence-electron chi connectivity index (χ0n) is 14.2. The number of aromatic nitrogens is 2. The Labute approximate surface area is 156 Å². The molecule has 7 heteroatoms. The summed E-state index contributed by atoms with van der Waals surface area (Å²) < 4.78 is 3.63. The summed E-state index contributed by atoms with van der Waals surface area (Å²) in [6.45, 7) is 3.81. The molecule has 4 heterocycles. The predicted molar refractivity (Wildman–Crippen MR) is 106 cm³/mol. The fraction of sp³-hybridized carbons (Fsp3) is 0.389. The second-order valence-electron chi connectivity index (χ2n) is 6.10.